The quantitative estimate of drug-likeness (QED) is 0.858. The lowest BCUT2D eigenvalue weighted by atomic mass is 10.2. The van der Waals surface area contributed by atoms with Crippen molar-refractivity contribution in [1.82, 2.24) is 5.32 Å². The molecule has 0 bridgehead atoms. The molecule has 0 spiro atoms. The van der Waals surface area contributed by atoms with Gasteiger partial charge in [-0.3, -0.25) is 0 Å². The Morgan fingerprint density at radius 2 is 1.95 bits per heavy atom. The van der Waals surface area contributed by atoms with Crippen molar-refractivity contribution in [2.75, 3.05) is 7.05 Å². The first-order chi connectivity index (χ1) is 9.33. The lowest BCUT2D eigenvalue weighted by molar-refractivity contribution is 0.265. The number of furan rings is 1. The van der Waals surface area contributed by atoms with Crippen LogP contribution < -0.4 is 10.1 Å². The molecule has 1 aromatic carbocycles. The number of hydrogen-bond acceptors (Lipinski definition) is 3. The maximum absolute atomic E-state index is 5.80. The van der Waals surface area contributed by atoms with Gasteiger partial charge in [0, 0.05) is 5.56 Å². The molecule has 3 nitrogen and oxygen atoms in total. The van der Waals surface area contributed by atoms with Crippen LogP contribution in [0.3, 0.4) is 0 Å². The molecular weight excluding hydrogens is 238 g/mol. The second kappa shape index (κ2) is 6.81. The Morgan fingerprint density at radius 1 is 1.16 bits per heavy atom. The zero-order valence-corrected chi connectivity index (χ0v) is 11.3. The largest absolute Gasteiger partial charge is 0.485 e. The van der Waals surface area contributed by atoms with E-state index in [0.29, 0.717) is 6.61 Å². The summed E-state index contributed by atoms with van der Waals surface area (Å²) in [6.45, 7) is 3.17. The molecule has 2 aromatic rings. The second-order valence-electron chi connectivity index (χ2n) is 4.22. The van der Waals surface area contributed by atoms with E-state index >= 15 is 0 Å². The van der Waals surface area contributed by atoms with Gasteiger partial charge in [-0.15, -0.1) is 0 Å². The van der Waals surface area contributed by atoms with Crippen molar-refractivity contribution in [3.63, 3.8) is 0 Å². The van der Waals surface area contributed by atoms with E-state index in [-0.39, 0.29) is 0 Å². The summed E-state index contributed by atoms with van der Waals surface area (Å²) in [5.41, 5.74) is 1.08. The van der Waals surface area contributed by atoms with Crippen LogP contribution in [0.2, 0.25) is 0 Å². The molecule has 0 saturated carbocycles. The standard InChI is InChI=1S/C16H19NO2/c1-3-6-13-7-4-5-8-16(13)18-12-15-10-9-14(19-15)11-17-2/h3-10,17H,11-12H2,1-2H3/b6-3+. The van der Waals surface area contributed by atoms with Gasteiger partial charge in [-0.05, 0) is 32.2 Å². The fourth-order valence-electron chi connectivity index (χ4n) is 1.85. The molecule has 100 valence electrons. The minimum absolute atomic E-state index is 0.443. The molecule has 0 saturated heterocycles. The van der Waals surface area contributed by atoms with Crippen molar-refractivity contribution in [2.24, 2.45) is 0 Å². The number of nitrogens with one attached hydrogen (secondary N) is 1. The number of allylic oxidation sites excluding steroid dienone is 1. The molecule has 0 aliphatic rings. The molecule has 0 unspecified atom stereocenters. The van der Waals surface area contributed by atoms with Crippen molar-refractivity contribution in [1.29, 1.82) is 0 Å². The second-order valence-corrected chi connectivity index (χ2v) is 4.22. The third kappa shape index (κ3) is 3.73. The van der Waals surface area contributed by atoms with Gasteiger partial charge in [-0.1, -0.05) is 30.4 Å². The topological polar surface area (TPSA) is 34.4 Å². The normalized spacial score (nSPS) is 11.1. The average molecular weight is 257 g/mol. The van der Waals surface area contributed by atoms with Crippen LogP contribution in [0.15, 0.2) is 46.9 Å². The van der Waals surface area contributed by atoms with Crippen LogP contribution in [0, 0.1) is 0 Å². The molecular formula is C16H19NO2. The number of ether oxygens (including phenoxy) is 1. The highest BCUT2D eigenvalue weighted by Gasteiger charge is 2.04. The highest BCUT2D eigenvalue weighted by molar-refractivity contribution is 5.56. The first kappa shape index (κ1) is 13.4. The van der Waals surface area contributed by atoms with E-state index in [2.05, 4.69) is 5.32 Å². The maximum atomic E-state index is 5.80. The van der Waals surface area contributed by atoms with Crippen molar-refractivity contribution < 1.29 is 9.15 Å². The maximum Gasteiger partial charge on any atom is 0.146 e. The lowest BCUT2D eigenvalue weighted by Crippen LogP contribution is -2.03. The Balaban J connectivity index is 2.01. The zero-order valence-electron chi connectivity index (χ0n) is 11.3. The van der Waals surface area contributed by atoms with E-state index in [4.69, 9.17) is 9.15 Å². The van der Waals surface area contributed by atoms with Crippen molar-refractivity contribution >= 4 is 6.08 Å². The van der Waals surface area contributed by atoms with E-state index in [9.17, 15) is 0 Å². The van der Waals surface area contributed by atoms with Crippen LogP contribution in [0.25, 0.3) is 6.08 Å². The molecule has 0 radical (unpaired) electrons. The van der Waals surface area contributed by atoms with Crippen LogP contribution in [-0.2, 0) is 13.2 Å². The summed E-state index contributed by atoms with van der Waals surface area (Å²) in [6, 6.07) is 11.9. The summed E-state index contributed by atoms with van der Waals surface area (Å²) in [4.78, 5) is 0. The molecule has 1 heterocycles. The third-order valence-electron chi connectivity index (χ3n) is 2.70. The Kier molecular flexibility index (Phi) is 4.81. The van der Waals surface area contributed by atoms with Gasteiger partial charge in [0.15, 0.2) is 0 Å². The number of hydrogen-bond donors (Lipinski definition) is 1. The van der Waals surface area contributed by atoms with Gasteiger partial charge < -0.3 is 14.5 Å². The smallest absolute Gasteiger partial charge is 0.146 e. The summed E-state index contributed by atoms with van der Waals surface area (Å²) in [7, 11) is 1.89. The molecule has 0 aliphatic carbocycles. The van der Waals surface area contributed by atoms with Gasteiger partial charge in [-0.2, -0.15) is 0 Å². The molecule has 0 aliphatic heterocycles. The minimum atomic E-state index is 0.443. The van der Waals surface area contributed by atoms with Gasteiger partial charge >= 0.3 is 0 Å². The molecule has 19 heavy (non-hydrogen) atoms. The monoisotopic (exact) mass is 257 g/mol. The summed E-state index contributed by atoms with van der Waals surface area (Å²) in [5, 5.41) is 3.05. The Morgan fingerprint density at radius 3 is 2.74 bits per heavy atom. The molecule has 0 atom stereocenters. The van der Waals surface area contributed by atoms with Crippen molar-refractivity contribution in [2.45, 2.75) is 20.1 Å². The molecule has 2 rings (SSSR count). The minimum Gasteiger partial charge on any atom is -0.485 e. The van der Waals surface area contributed by atoms with Crippen LogP contribution in [0.5, 0.6) is 5.75 Å². The molecule has 1 N–H and O–H groups in total. The van der Waals surface area contributed by atoms with Crippen LogP contribution >= 0.6 is 0 Å². The predicted molar refractivity (Wildman–Crippen MR) is 77.0 cm³/mol. The summed E-state index contributed by atoms with van der Waals surface area (Å²) in [6.07, 6.45) is 4.03. The molecule has 1 aromatic heterocycles. The Labute approximate surface area is 113 Å². The van der Waals surface area contributed by atoms with Gasteiger partial charge in [0.25, 0.3) is 0 Å². The van der Waals surface area contributed by atoms with E-state index in [1.807, 2.05) is 62.5 Å². The SMILES string of the molecule is C/C=C/c1ccccc1OCc1ccc(CNC)o1. The van der Waals surface area contributed by atoms with Crippen molar-refractivity contribution in [3.8, 4) is 5.75 Å². The first-order valence-corrected chi connectivity index (χ1v) is 6.40. The summed E-state index contributed by atoms with van der Waals surface area (Å²) < 4.78 is 11.4. The van der Waals surface area contributed by atoms with Crippen LogP contribution in [-0.4, -0.2) is 7.05 Å². The lowest BCUT2D eigenvalue weighted by Gasteiger charge is -2.07. The average Bonchev–Trinajstić information content (AvgIpc) is 2.86. The fourth-order valence-corrected chi connectivity index (χ4v) is 1.85. The first-order valence-electron chi connectivity index (χ1n) is 6.40. The van der Waals surface area contributed by atoms with Crippen molar-refractivity contribution in [3.05, 3.63) is 59.6 Å². The Hall–Kier alpha value is -2.00. The predicted octanol–water partition coefficient (Wildman–Crippen LogP) is 3.61. The molecule has 0 fully saturated rings. The summed E-state index contributed by atoms with van der Waals surface area (Å²) in [5.74, 6) is 2.62. The third-order valence-corrected chi connectivity index (χ3v) is 2.70. The van der Waals surface area contributed by atoms with Gasteiger partial charge in [-0.25, -0.2) is 0 Å². The summed E-state index contributed by atoms with van der Waals surface area (Å²) >= 11 is 0. The number of rotatable bonds is 6. The van der Waals surface area contributed by atoms with Gasteiger partial charge in [0.05, 0.1) is 6.54 Å². The number of para-hydroxylation sites is 1. The molecule has 0 amide bonds. The van der Waals surface area contributed by atoms with E-state index < -0.39 is 0 Å². The Bertz CT molecular complexity index is 543. The highest BCUT2D eigenvalue weighted by atomic mass is 16.5. The van der Waals surface area contributed by atoms with E-state index in [1.54, 1.807) is 0 Å². The zero-order chi connectivity index (χ0) is 13.5. The molecule has 3 heteroatoms. The number of benzene rings is 1. The fraction of sp³-hybridized carbons (Fsp3) is 0.250. The van der Waals surface area contributed by atoms with E-state index in [1.165, 1.54) is 0 Å². The highest BCUT2D eigenvalue weighted by Crippen LogP contribution is 2.21. The van der Waals surface area contributed by atoms with E-state index in [0.717, 1.165) is 29.4 Å². The van der Waals surface area contributed by atoms with Crippen LogP contribution in [0.1, 0.15) is 24.0 Å². The van der Waals surface area contributed by atoms with Gasteiger partial charge in [0.2, 0.25) is 0 Å². The van der Waals surface area contributed by atoms with Gasteiger partial charge in [0.1, 0.15) is 23.9 Å². The van der Waals surface area contributed by atoms with Crippen LogP contribution in [0.4, 0.5) is 0 Å².